The first-order valence-electron chi connectivity index (χ1n) is 7.45. The Morgan fingerprint density at radius 3 is 2.37 bits per heavy atom. The van der Waals surface area contributed by atoms with Crippen molar-refractivity contribution in [2.24, 2.45) is 5.73 Å². The predicted octanol–water partition coefficient (Wildman–Crippen LogP) is 2.54. The number of hydrogen-bond donors (Lipinski definition) is 1. The van der Waals surface area contributed by atoms with Gasteiger partial charge in [-0.05, 0) is 25.3 Å². The normalized spacial score (nSPS) is 25.5. The second-order valence-corrected chi connectivity index (χ2v) is 12.1. The minimum absolute atomic E-state index is 0.403. The Balaban J connectivity index is 2.00. The lowest BCUT2D eigenvalue weighted by molar-refractivity contribution is 0.140. The third-order valence-electron chi connectivity index (χ3n) is 4.26. The van der Waals surface area contributed by atoms with Crippen LogP contribution in [0.15, 0.2) is 24.3 Å². The molecule has 0 saturated carbocycles. The summed E-state index contributed by atoms with van der Waals surface area (Å²) in [6.45, 7) is 11.7. The van der Waals surface area contributed by atoms with Crippen LogP contribution in [0.5, 0.6) is 0 Å². The van der Waals surface area contributed by atoms with E-state index in [9.17, 15) is 0 Å². The average molecular weight is 276 g/mol. The van der Waals surface area contributed by atoms with Crippen LogP contribution in [0.1, 0.15) is 25.3 Å². The Morgan fingerprint density at radius 2 is 1.84 bits per heavy atom. The molecule has 2 atom stereocenters. The van der Waals surface area contributed by atoms with Crippen molar-refractivity contribution in [2.45, 2.75) is 58.0 Å². The summed E-state index contributed by atoms with van der Waals surface area (Å²) in [5, 5.41) is 1.55. The molecule has 0 aromatic heterocycles. The zero-order valence-corrected chi connectivity index (χ0v) is 13.8. The third-order valence-corrected chi connectivity index (χ3v) is 6.33. The third kappa shape index (κ3) is 3.91. The highest BCUT2D eigenvalue weighted by Crippen LogP contribution is 2.18. The van der Waals surface area contributed by atoms with E-state index in [2.05, 4.69) is 55.7 Å². The highest BCUT2D eigenvalue weighted by molar-refractivity contribution is 6.88. The Bertz CT molecular complexity index is 408. The zero-order chi connectivity index (χ0) is 14.0. The van der Waals surface area contributed by atoms with Gasteiger partial charge in [0.15, 0.2) is 0 Å². The summed E-state index contributed by atoms with van der Waals surface area (Å²) in [5.41, 5.74) is 7.46. The number of benzene rings is 1. The van der Waals surface area contributed by atoms with Gasteiger partial charge < -0.3 is 5.73 Å². The highest BCUT2D eigenvalue weighted by Gasteiger charge is 2.23. The van der Waals surface area contributed by atoms with Gasteiger partial charge in [-0.15, -0.1) is 0 Å². The number of piperidine rings is 1. The summed E-state index contributed by atoms with van der Waals surface area (Å²) < 4.78 is 0. The fourth-order valence-electron chi connectivity index (χ4n) is 2.84. The summed E-state index contributed by atoms with van der Waals surface area (Å²) in [4.78, 5) is 2.56. The van der Waals surface area contributed by atoms with Crippen LogP contribution in [0.25, 0.3) is 0 Å². The van der Waals surface area contributed by atoms with Crippen molar-refractivity contribution in [1.82, 2.24) is 4.90 Å². The van der Waals surface area contributed by atoms with E-state index in [-0.39, 0.29) is 0 Å². The lowest BCUT2D eigenvalue weighted by Gasteiger charge is -2.36. The summed E-state index contributed by atoms with van der Waals surface area (Å²) in [7, 11) is -1.16. The number of nitrogens with zero attached hydrogens (tertiary/aromatic N) is 1. The van der Waals surface area contributed by atoms with E-state index in [0.29, 0.717) is 12.1 Å². The van der Waals surface area contributed by atoms with Crippen molar-refractivity contribution in [3.8, 4) is 0 Å². The van der Waals surface area contributed by atoms with E-state index in [0.717, 1.165) is 25.9 Å². The van der Waals surface area contributed by atoms with Gasteiger partial charge in [-0.1, -0.05) is 49.1 Å². The summed E-state index contributed by atoms with van der Waals surface area (Å²) in [6.07, 6.45) is 2.27. The number of nitrogens with two attached hydrogens (primary N) is 1. The van der Waals surface area contributed by atoms with Gasteiger partial charge in [0.1, 0.15) is 0 Å². The molecule has 0 bridgehead atoms. The van der Waals surface area contributed by atoms with Gasteiger partial charge in [0.05, 0.1) is 8.07 Å². The molecule has 0 radical (unpaired) electrons. The first-order valence-corrected chi connectivity index (χ1v) is 11.0. The van der Waals surface area contributed by atoms with Crippen LogP contribution in [0, 0.1) is 0 Å². The van der Waals surface area contributed by atoms with Crippen molar-refractivity contribution in [1.29, 1.82) is 0 Å². The lowest BCUT2D eigenvalue weighted by atomic mass is 9.98. The van der Waals surface area contributed by atoms with Gasteiger partial charge in [0, 0.05) is 25.2 Å². The van der Waals surface area contributed by atoms with Crippen molar-refractivity contribution >= 4 is 13.3 Å². The van der Waals surface area contributed by atoms with Crippen LogP contribution in [0.4, 0.5) is 0 Å². The Morgan fingerprint density at radius 1 is 1.21 bits per heavy atom. The topological polar surface area (TPSA) is 29.3 Å². The maximum absolute atomic E-state index is 6.03. The van der Waals surface area contributed by atoms with E-state index in [1.54, 1.807) is 5.19 Å². The molecule has 1 saturated heterocycles. The van der Waals surface area contributed by atoms with Crippen molar-refractivity contribution in [2.75, 3.05) is 6.54 Å². The van der Waals surface area contributed by atoms with Crippen LogP contribution in [0.2, 0.25) is 19.6 Å². The first kappa shape index (κ1) is 14.8. The van der Waals surface area contributed by atoms with Crippen LogP contribution in [-0.2, 0) is 6.54 Å². The maximum atomic E-state index is 6.03. The van der Waals surface area contributed by atoms with Crippen LogP contribution in [-0.4, -0.2) is 31.6 Å². The van der Waals surface area contributed by atoms with Crippen LogP contribution < -0.4 is 10.9 Å². The highest BCUT2D eigenvalue weighted by atomic mass is 28.3. The van der Waals surface area contributed by atoms with Gasteiger partial charge in [-0.25, -0.2) is 0 Å². The molecule has 0 aliphatic carbocycles. The van der Waals surface area contributed by atoms with E-state index < -0.39 is 8.07 Å². The second kappa shape index (κ2) is 5.78. The molecule has 106 valence electrons. The number of hydrogen-bond acceptors (Lipinski definition) is 2. The largest absolute Gasteiger partial charge is 0.328 e. The van der Waals surface area contributed by atoms with Crippen molar-refractivity contribution < 1.29 is 0 Å². The Hall–Kier alpha value is -0.643. The molecule has 3 heteroatoms. The van der Waals surface area contributed by atoms with Crippen molar-refractivity contribution in [3.63, 3.8) is 0 Å². The van der Waals surface area contributed by atoms with Crippen LogP contribution in [0.3, 0.4) is 0 Å². The molecule has 1 aromatic carbocycles. The number of likely N-dealkylation sites (tertiary alicyclic amines) is 1. The molecule has 1 heterocycles. The molecule has 1 aliphatic heterocycles. The maximum Gasteiger partial charge on any atom is 0.0775 e. The smallest absolute Gasteiger partial charge is 0.0775 e. The average Bonchev–Trinajstić information content (AvgIpc) is 2.32. The fraction of sp³-hybridized carbons (Fsp3) is 0.625. The van der Waals surface area contributed by atoms with Gasteiger partial charge in [0.25, 0.3) is 0 Å². The standard InChI is InChI=1S/C16H28N2Si/c1-13-11-15(17)9-10-18(13)12-14-5-7-16(8-6-14)19(2,3)4/h5-8,13,15H,9-12,17H2,1-4H3. The van der Waals surface area contributed by atoms with E-state index in [4.69, 9.17) is 5.73 Å². The van der Waals surface area contributed by atoms with E-state index in [1.165, 1.54) is 5.56 Å². The SMILES string of the molecule is CC1CC(N)CCN1Cc1ccc([Si](C)(C)C)cc1. The zero-order valence-electron chi connectivity index (χ0n) is 12.8. The molecule has 0 spiro atoms. The van der Waals surface area contributed by atoms with Crippen molar-refractivity contribution in [3.05, 3.63) is 29.8 Å². The minimum Gasteiger partial charge on any atom is -0.328 e. The molecule has 2 nitrogen and oxygen atoms in total. The molecule has 1 aliphatic rings. The quantitative estimate of drug-likeness (QED) is 0.860. The number of rotatable bonds is 3. The van der Waals surface area contributed by atoms with Gasteiger partial charge >= 0.3 is 0 Å². The Kier molecular flexibility index (Phi) is 4.49. The molecule has 2 N–H and O–H groups in total. The predicted molar refractivity (Wildman–Crippen MR) is 86.5 cm³/mol. The molecule has 0 amide bonds. The van der Waals surface area contributed by atoms with Gasteiger partial charge in [-0.2, -0.15) is 0 Å². The molecular formula is C16H28N2Si. The summed E-state index contributed by atoms with van der Waals surface area (Å²) in [6, 6.07) is 10.3. The molecule has 1 aromatic rings. The van der Waals surface area contributed by atoms with E-state index >= 15 is 0 Å². The molecular weight excluding hydrogens is 248 g/mol. The summed E-state index contributed by atoms with van der Waals surface area (Å²) >= 11 is 0. The molecule has 19 heavy (non-hydrogen) atoms. The van der Waals surface area contributed by atoms with Crippen LogP contribution >= 0.6 is 0 Å². The Labute approximate surface area is 119 Å². The molecule has 2 unspecified atom stereocenters. The summed E-state index contributed by atoms with van der Waals surface area (Å²) in [5.74, 6) is 0. The minimum atomic E-state index is -1.16. The second-order valence-electron chi connectivity index (χ2n) is 7.05. The monoisotopic (exact) mass is 276 g/mol. The lowest BCUT2D eigenvalue weighted by Crippen LogP contribution is -2.45. The fourth-order valence-corrected chi connectivity index (χ4v) is 4.00. The molecule has 2 rings (SSSR count). The molecule has 1 fully saturated rings. The van der Waals surface area contributed by atoms with Gasteiger partial charge in [-0.3, -0.25) is 4.90 Å². The first-order chi connectivity index (χ1) is 8.86. The van der Waals surface area contributed by atoms with Gasteiger partial charge in [0.2, 0.25) is 0 Å². The van der Waals surface area contributed by atoms with E-state index in [1.807, 2.05) is 0 Å².